The molecule has 3 unspecified atom stereocenters. The van der Waals surface area contributed by atoms with Gasteiger partial charge in [0, 0.05) is 19.8 Å². The van der Waals surface area contributed by atoms with Crippen molar-refractivity contribution < 1.29 is 28.9 Å². The standard InChI is InChI=1S/C10H16O6/c1-5-9(15-7(3)12)8(16-10(5)13)4-14-6(2)11/h5,8-10,13H,4H2,1-3H3/t5?,8?,9?,10-/m1/s1. The van der Waals surface area contributed by atoms with E-state index in [9.17, 15) is 14.7 Å². The van der Waals surface area contributed by atoms with E-state index in [4.69, 9.17) is 14.2 Å². The van der Waals surface area contributed by atoms with Gasteiger partial charge in [-0.2, -0.15) is 0 Å². The Bertz CT molecular complexity index is 276. The fourth-order valence-electron chi connectivity index (χ4n) is 1.59. The van der Waals surface area contributed by atoms with Crippen molar-refractivity contribution in [1.82, 2.24) is 0 Å². The summed E-state index contributed by atoms with van der Waals surface area (Å²) >= 11 is 0. The van der Waals surface area contributed by atoms with Gasteiger partial charge in [-0.1, -0.05) is 6.92 Å². The van der Waals surface area contributed by atoms with Gasteiger partial charge < -0.3 is 19.3 Å². The van der Waals surface area contributed by atoms with Crippen LogP contribution < -0.4 is 0 Å². The summed E-state index contributed by atoms with van der Waals surface area (Å²) in [5.41, 5.74) is 0. The van der Waals surface area contributed by atoms with Crippen molar-refractivity contribution in [2.45, 2.75) is 39.3 Å². The number of ether oxygens (including phenoxy) is 3. The molecule has 92 valence electrons. The molecule has 0 aliphatic carbocycles. The maximum absolute atomic E-state index is 10.9. The van der Waals surface area contributed by atoms with E-state index >= 15 is 0 Å². The van der Waals surface area contributed by atoms with Crippen LogP contribution in [0.15, 0.2) is 0 Å². The Morgan fingerprint density at radius 2 is 1.94 bits per heavy atom. The molecule has 1 aliphatic rings. The van der Waals surface area contributed by atoms with Crippen LogP contribution in [0.5, 0.6) is 0 Å². The topological polar surface area (TPSA) is 82.1 Å². The minimum Gasteiger partial charge on any atom is -0.463 e. The van der Waals surface area contributed by atoms with Crippen LogP contribution in [0.4, 0.5) is 0 Å². The fourth-order valence-corrected chi connectivity index (χ4v) is 1.59. The summed E-state index contributed by atoms with van der Waals surface area (Å²) < 4.78 is 14.9. The van der Waals surface area contributed by atoms with Crippen LogP contribution in [0.1, 0.15) is 20.8 Å². The number of carbonyl (C=O) groups excluding carboxylic acids is 2. The number of aliphatic hydroxyl groups excluding tert-OH is 1. The molecule has 6 heteroatoms. The zero-order chi connectivity index (χ0) is 12.3. The summed E-state index contributed by atoms with van der Waals surface area (Å²) in [6.07, 6.45) is -2.21. The van der Waals surface area contributed by atoms with E-state index in [0.29, 0.717) is 0 Å². The molecule has 1 fully saturated rings. The third-order valence-electron chi connectivity index (χ3n) is 2.40. The first-order valence-electron chi connectivity index (χ1n) is 5.06. The van der Waals surface area contributed by atoms with Gasteiger partial charge in [0.15, 0.2) is 6.29 Å². The molecular formula is C10H16O6. The zero-order valence-electron chi connectivity index (χ0n) is 9.50. The van der Waals surface area contributed by atoms with Crippen molar-refractivity contribution in [2.24, 2.45) is 5.92 Å². The molecule has 0 spiro atoms. The van der Waals surface area contributed by atoms with Gasteiger partial charge in [-0.05, 0) is 0 Å². The van der Waals surface area contributed by atoms with Crippen molar-refractivity contribution in [1.29, 1.82) is 0 Å². The lowest BCUT2D eigenvalue weighted by Gasteiger charge is -2.19. The molecule has 0 bridgehead atoms. The number of aliphatic hydroxyl groups is 1. The summed E-state index contributed by atoms with van der Waals surface area (Å²) in [6.45, 7) is 4.22. The molecule has 0 amide bonds. The van der Waals surface area contributed by atoms with Crippen LogP contribution in [0.3, 0.4) is 0 Å². The quantitative estimate of drug-likeness (QED) is 0.680. The van der Waals surface area contributed by atoms with E-state index in [0.717, 1.165) is 0 Å². The number of hydrogen-bond donors (Lipinski definition) is 1. The molecule has 1 aliphatic heterocycles. The van der Waals surface area contributed by atoms with E-state index in [1.54, 1.807) is 6.92 Å². The Morgan fingerprint density at radius 3 is 2.44 bits per heavy atom. The first-order valence-corrected chi connectivity index (χ1v) is 5.06. The molecule has 4 atom stereocenters. The van der Waals surface area contributed by atoms with Crippen LogP contribution in [0.25, 0.3) is 0 Å². The van der Waals surface area contributed by atoms with Gasteiger partial charge in [-0.15, -0.1) is 0 Å². The molecule has 1 saturated heterocycles. The molecule has 0 aromatic heterocycles. The summed E-state index contributed by atoms with van der Waals surface area (Å²) in [4.78, 5) is 21.5. The van der Waals surface area contributed by atoms with Gasteiger partial charge in [0.05, 0.1) is 0 Å². The number of rotatable bonds is 3. The minimum absolute atomic E-state index is 0.0331. The minimum atomic E-state index is -1.01. The molecular weight excluding hydrogens is 216 g/mol. The zero-order valence-corrected chi connectivity index (χ0v) is 9.50. The summed E-state index contributed by atoms with van der Waals surface area (Å²) in [5, 5.41) is 9.46. The number of hydrogen-bond acceptors (Lipinski definition) is 6. The van der Waals surface area contributed by atoms with Crippen molar-refractivity contribution in [3.8, 4) is 0 Å². The number of carbonyl (C=O) groups is 2. The molecule has 6 nitrogen and oxygen atoms in total. The van der Waals surface area contributed by atoms with Gasteiger partial charge in [0.25, 0.3) is 0 Å². The Hall–Kier alpha value is -1.14. The highest BCUT2D eigenvalue weighted by Gasteiger charge is 2.43. The third kappa shape index (κ3) is 3.18. The van der Waals surface area contributed by atoms with E-state index in [2.05, 4.69) is 0 Å². The normalized spacial score (nSPS) is 33.5. The van der Waals surface area contributed by atoms with Crippen molar-refractivity contribution in [2.75, 3.05) is 6.61 Å². The first-order chi connectivity index (χ1) is 7.41. The van der Waals surface area contributed by atoms with Gasteiger partial charge in [-0.25, -0.2) is 0 Å². The lowest BCUT2D eigenvalue weighted by molar-refractivity contribution is -0.159. The van der Waals surface area contributed by atoms with Gasteiger partial charge in [-0.3, -0.25) is 9.59 Å². The summed E-state index contributed by atoms with van der Waals surface area (Å²) in [5.74, 6) is -1.24. The smallest absolute Gasteiger partial charge is 0.303 e. The summed E-state index contributed by atoms with van der Waals surface area (Å²) in [6, 6.07) is 0. The second-order valence-electron chi connectivity index (χ2n) is 3.80. The average molecular weight is 232 g/mol. The Morgan fingerprint density at radius 1 is 1.31 bits per heavy atom. The fraction of sp³-hybridized carbons (Fsp3) is 0.800. The second kappa shape index (κ2) is 5.27. The predicted molar refractivity (Wildman–Crippen MR) is 52.2 cm³/mol. The Labute approximate surface area is 93.5 Å². The third-order valence-corrected chi connectivity index (χ3v) is 2.40. The monoisotopic (exact) mass is 232 g/mol. The van der Waals surface area contributed by atoms with Crippen molar-refractivity contribution in [3.63, 3.8) is 0 Å². The van der Waals surface area contributed by atoms with E-state index in [-0.39, 0.29) is 12.5 Å². The van der Waals surface area contributed by atoms with E-state index in [1.165, 1.54) is 13.8 Å². The molecule has 1 N–H and O–H groups in total. The molecule has 0 aromatic carbocycles. The van der Waals surface area contributed by atoms with E-state index in [1.807, 2.05) is 0 Å². The number of esters is 2. The van der Waals surface area contributed by atoms with Crippen LogP contribution in [-0.2, 0) is 23.8 Å². The average Bonchev–Trinajstić information content (AvgIpc) is 2.42. The lowest BCUT2D eigenvalue weighted by Crippen LogP contribution is -2.34. The maximum atomic E-state index is 10.9. The Balaban J connectivity index is 2.59. The predicted octanol–water partition coefficient (Wildman–Crippen LogP) is -0.166. The van der Waals surface area contributed by atoms with Crippen LogP contribution in [0.2, 0.25) is 0 Å². The first kappa shape index (κ1) is 12.9. The van der Waals surface area contributed by atoms with Gasteiger partial charge in [0.1, 0.15) is 18.8 Å². The summed E-state index contributed by atoms with van der Waals surface area (Å²) in [7, 11) is 0. The molecule has 1 rings (SSSR count). The molecule has 16 heavy (non-hydrogen) atoms. The largest absolute Gasteiger partial charge is 0.463 e. The second-order valence-corrected chi connectivity index (χ2v) is 3.80. The van der Waals surface area contributed by atoms with Gasteiger partial charge in [0.2, 0.25) is 0 Å². The molecule has 0 aromatic rings. The highest BCUT2D eigenvalue weighted by Crippen LogP contribution is 2.28. The molecule has 1 heterocycles. The highest BCUT2D eigenvalue weighted by molar-refractivity contribution is 5.66. The van der Waals surface area contributed by atoms with Crippen molar-refractivity contribution in [3.05, 3.63) is 0 Å². The van der Waals surface area contributed by atoms with Crippen molar-refractivity contribution >= 4 is 11.9 Å². The molecule has 0 saturated carbocycles. The lowest BCUT2D eigenvalue weighted by atomic mass is 10.0. The van der Waals surface area contributed by atoms with Crippen LogP contribution >= 0.6 is 0 Å². The Kier molecular flexibility index (Phi) is 4.26. The van der Waals surface area contributed by atoms with Gasteiger partial charge >= 0.3 is 11.9 Å². The van der Waals surface area contributed by atoms with Crippen LogP contribution in [-0.4, -0.2) is 42.1 Å². The highest BCUT2D eigenvalue weighted by atomic mass is 16.7. The molecule has 0 radical (unpaired) electrons. The van der Waals surface area contributed by atoms with Crippen LogP contribution in [0, 0.1) is 5.92 Å². The SMILES string of the molecule is CC(=O)OCC1O[C@@H](O)C(C)C1OC(C)=O. The maximum Gasteiger partial charge on any atom is 0.303 e. The van der Waals surface area contributed by atoms with E-state index < -0.39 is 30.4 Å².